The fourth-order valence-electron chi connectivity index (χ4n) is 2.38. The van der Waals surface area contributed by atoms with E-state index in [2.05, 4.69) is 5.32 Å². The Hall–Kier alpha value is -2.46. The number of esters is 1. The Kier molecular flexibility index (Phi) is 5.71. The molecule has 7 nitrogen and oxygen atoms in total. The maximum absolute atomic E-state index is 12.4. The van der Waals surface area contributed by atoms with Gasteiger partial charge >= 0.3 is 5.97 Å². The predicted octanol–water partition coefficient (Wildman–Crippen LogP) is 3.39. The first-order chi connectivity index (χ1) is 13.2. The summed E-state index contributed by atoms with van der Waals surface area (Å²) in [7, 11) is -3.82. The first-order valence-electron chi connectivity index (χ1n) is 7.98. The van der Waals surface area contributed by atoms with Crippen molar-refractivity contribution < 1.29 is 22.7 Å². The van der Waals surface area contributed by atoms with Crippen LogP contribution in [0.4, 0.5) is 5.69 Å². The van der Waals surface area contributed by atoms with E-state index < -0.39 is 28.0 Å². The van der Waals surface area contributed by atoms with Crippen molar-refractivity contribution in [1.29, 1.82) is 0 Å². The molecule has 3 rings (SSSR count). The number of halogens is 1. The van der Waals surface area contributed by atoms with Gasteiger partial charge in [-0.15, -0.1) is 11.3 Å². The number of carbonyl (C=O) groups is 2. The van der Waals surface area contributed by atoms with Gasteiger partial charge < -0.3 is 10.1 Å². The number of rotatable bonds is 5. The van der Waals surface area contributed by atoms with Gasteiger partial charge in [0.2, 0.25) is 10.0 Å². The third-order valence-corrected chi connectivity index (χ3v) is 6.41. The summed E-state index contributed by atoms with van der Waals surface area (Å²) in [6.45, 7) is 1.42. The number of ether oxygens (including phenoxy) is 1. The third-order valence-electron chi connectivity index (χ3n) is 3.82. The number of primary sulfonamides is 1. The number of hydrogen-bond acceptors (Lipinski definition) is 6. The highest BCUT2D eigenvalue weighted by Crippen LogP contribution is 2.35. The van der Waals surface area contributed by atoms with Crippen molar-refractivity contribution in [1.82, 2.24) is 0 Å². The molecule has 0 aliphatic carbocycles. The van der Waals surface area contributed by atoms with Crippen LogP contribution in [0.1, 0.15) is 16.6 Å². The number of hydrogen-bond donors (Lipinski definition) is 2. The number of sulfonamides is 1. The maximum Gasteiger partial charge on any atom is 0.350 e. The second kappa shape index (κ2) is 7.88. The summed E-state index contributed by atoms with van der Waals surface area (Å²) in [5.41, 5.74) is 0.334. The van der Waals surface area contributed by atoms with Crippen LogP contribution in [-0.2, 0) is 19.6 Å². The van der Waals surface area contributed by atoms with E-state index in [0.29, 0.717) is 5.69 Å². The van der Waals surface area contributed by atoms with E-state index in [1.54, 1.807) is 6.07 Å². The molecule has 0 fully saturated rings. The predicted molar refractivity (Wildman–Crippen MR) is 108 cm³/mol. The van der Waals surface area contributed by atoms with E-state index in [-0.39, 0.29) is 14.8 Å². The Morgan fingerprint density at radius 1 is 1.14 bits per heavy atom. The Balaban J connectivity index is 1.68. The van der Waals surface area contributed by atoms with E-state index in [0.717, 1.165) is 10.1 Å². The van der Waals surface area contributed by atoms with Gasteiger partial charge in [-0.05, 0) is 37.3 Å². The van der Waals surface area contributed by atoms with Crippen molar-refractivity contribution in [3.05, 3.63) is 58.4 Å². The maximum atomic E-state index is 12.4. The van der Waals surface area contributed by atoms with Gasteiger partial charge in [-0.2, -0.15) is 0 Å². The van der Waals surface area contributed by atoms with Gasteiger partial charge in [0.1, 0.15) is 4.88 Å². The number of fused-ring (bicyclic) bond motifs is 1. The molecular formula is C18H15ClN2O5S2. The molecule has 146 valence electrons. The molecule has 1 atom stereocenters. The quantitative estimate of drug-likeness (QED) is 0.592. The molecule has 3 aromatic rings. The molecule has 0 aliphatic heterocycles. The molecular weight excluding hydrogens is 424 g/mol. The van der Waals surface area contributed by atoms with Crippen LogP contribution in [0.5, 0.6) is 0 Å². The highest BCUT2D eigenvalue weighted by molar-refractivity contribution is 7.89. The van der Waals surface area contributed by atoms with Gasteiger partial charge in [-0.3, -0.25) is 4.79 Å². The van der Waals surface area contributed by atoms with Gasteiger partial charge in [0, 0.05) is 15.8 Å². The van der Waals surface area contributed by atoms with Gasteiger partial charge in [0.15, 0.2) is 6.10 Å². The molecule has 10 heteroatoms. The third kappa shape index (κ3) is 4.33. The van der Waals surface area contributed by atoms with Crippen LogP contribution < -0.4 is 10.5 Å². The monoisotopic (exact) mass is 438 g/mol. The number of nitrogens with two attached hydrogens (primary N) is 1. The summed E-state index contributed by atoms with van der Waals surface area (Å²) >= 11 is 7.43. The van der Waals surface area contributed by atoms with Crippen molar-refractivity contribution >= 4 is 60.6 Å². The Bertz CT molecular complexity index is 1160. The van der Waals surface area contributed by atoms with Crippen molar-refractivity contribution in [2.24, 2.45) is 5.14 Å². The molecule has 1 heterocycles. The smallest absolute Gasteiger partial charge is 0.350 e. The topological polar surface area (TPSA) is 116 Å². The number of anilines is 1. The SMILES string of the molecule is C[C@@H](OC(=O)c1sc2ccccc2c1Cl)C(=O)Nc1ccc(S(N)(=O)=O)cc1. The second-order valence-corrected chi connectivity index (χ2v) is 8.84. The van der Waals surface area contributed by atoms with E-state index in [4.69, 9.17) is 21.5 Å². The van der Waals surface area contributed by atoms with Gasteiger partial charge in [-0.1, -0.05) is 29.8 Å². The average Bonchev–Trinajstić information content (AvgIpc) is 2.98. The van der Waals surface area contributed by atoms with E-state index in [9.17, 15) is 18.0 Å². The highest BCUT2D eigenvalue weighted by Gasteiger charge is 2.23. The number of thiophene rings is 1. The fraction of sp³-hybridized carbons (Fsp3) is 0.111. The van der Waals surface area contributed by atoms with Crippen LogP contribution in [0.3, 0.4) is 0 Å². The minimum atomic E-state index is -3.82. The zero-order chi connectivity index (χ0) is 20.5. The number of nitrogens with one attached hydrogen (secondary N) is 1. The van der Waals surface area contributed by atoms with Gasteiger partial charge in [0.25, 0.3) is 5.91 Å². The molecule has 0 saturated heterocycles. The van der Waals surface area contributed by atoms with Crippen LogP contribution in [-0.4, -0.2) is 26.4 Å². The molecule has 0 saturated carbocycles. The van der Waals surface area contributed by atoms with E-state index in [1.165, 1.54) is 42.5 Å². The number of carbonyl (C=O) groups excluding carboxylic acids is 2. The molecule has 1 aromatic heterocycles. The fourth-order valence-corrected chi connectivity index (χ4v) is 4.29. The summed E-state index contributed by atoms with van der Waals surface area (Å²) in [6, 6.07) is 12.6. The molecule has 0 radical (unpaired) electrons. The average molecular weight is 439 g/mol. The molecule has 0 spiro atoms. The molecule has 28 heavy (non-hydrogen) atoms. The summed E-state index contributed by atoms with van der Waals surface area (Å²) < 4.78 is 28.5. The van der Waals surface area contributed by atoms with Crippen molar-refractivity contribution in [3.8, 4) is 0 Å². The van der Waals surface area contributed by atoms with E-state index in [1.807, 2.05) is 18.2 Å². The normalized spacial score (nSPS) is 12.5. The second-order valence-electron chi connectivity index (χ2n) is 5.85. The van der Waals surface area contributed by atoms with Crippen LogP contribution in [0.25, 0.3) is 10.1 Å². The van der Waals surface area contributed by atoms with E-state index >= 15 is 0 Å². The van der Waals surface area contributed by atoms with Crippen LogP contribution in [0.15, 0.2) is 53.4 Å². The summed E-state index contributed by atoms with van der Waals surface area (Å²) in [6.07, 6.45) is -1.09. The lowest BCUT2D eigenvalue weighted by Crippen LogP contribution is -2.29. The van der Waals surface area contributed by atoms with Crippen LogP contribution in [0.2, 0.25) is 5.02 Å². The molecule has 0 unspecified atom stereocenters. The summed E-state index contributed by atoms with van der Waals surface area (Å²) in [4.78, 5) is 24.8. The van der Waals surface area contributed by atoms with Crippen LogP contribution in [0, 0.1) is 0 Å². The summed E-state index contributed by atoms with van der Waals surface area (Å²) in [5, 5.41) is 8.59. The minimum Gasteiger partial charge on any atom is -0.448 e. The van der Waals surface area contributed by atoms with Crippen molar-refractivity contribution in [2.45, 2.75) is 17.9 Å². The lowest BCUT2D eigenvalue weighted by molar-refractivity contribution is -0.123. The number of amides is 1. The summed E-state index contributed by atoms with van der Waals surface area (Å²) in [5.74, 6) is -1.27. The lowest BCUT2D eigenvalue weighted by atomic mass is 10.2. The number of benzene rings is 2. The molecule has 1 amide bonds. The Morgan fingerprint density at radius 3 is 2.39 bits per heavy atom. The van der Waals surface area contributed by atoms with Crippen LogP contribution >= 0.6 is 22.9 Å². The van der Waals surface area contributed by atoms with Crippen molar-refractivity contribution in [3.63, 3.8) is 0 Å². The first-order valence-corrected chi connectivity index (χ1v) is 10.7. The zero-order valence-electron chi connectivity index (χ0n) is 14.5. The minimum absolute atomic E-state index is 0.0793. The zero-order valence-corrected chi connectivity index (χ0v) is 16.9. The molecule has 0 aliphatic rings. The Morgan fingerprint density at radius 2 is 1.79 bits per heavy atom. The first kappa shape index (κ1) is 20.3. The molecule has 2 aromatic carbocycles. The Labute approximate surface area is 170 Å². The lowest BCUT2D eigenvalue weighted by Gasteiger charge is -2.13. The van der Waals surface area contributed by atoms with Gasteiger partial charge in [0.05, 0.1) is 9.92 Å². The molecule has 0 bridgehead atoms. The standard InChI is InChI=1S/C18H15ClN2O5S2/c1-10(17(22)21-11-6-8-12(9-7-11)28(20,24)25)26-18(23)16-15(19)13-4-2-3-5-14(13)27-16/h2-10H,1H3,(H,21,22)(H2,20,24,25)/t10-/m1/s1. The largest absolute Gasteiger partial charge is 0.448 e. The molecule has 3 N–H and O–H groups in total. The highest BCUT2D eigenvalue weighted by atomic mass is 35.5. The van der Waals surface area contributed by atoms with Gasteiger partial charge in [-0.25, -0.2) is 18.4 Å². The van der Waals surface area contributed by atoms with Crippen molar-refractivity contribution in [2.75, 3.05) is 5.32 Å².